The molecule has 1 amide bonds. The quantitative estimate of drug-likeness (QED) is 0.712. The average molecular weight is 354 g/mol. The van der Waals surface area contributed by atoms with Gasteiger partial charge in [-0.15, -0.1) is 0 Å². The molecule has 0 aliphatic carbocycles. The molecule has 2 N–H and O–H groups in total. The van der Waals surface area contributed by atoms with Crippen molar-refractivity contribution in [2.75, 3.05) is 5.32 Å². The van der Waals surface area contributed by atoms with E-state index in [1.807, 2.05) is 30.3 Å². The summed E-state index contributed by atoms with van der Waals surface area (Å²) in [6.45, 7) is 0.895. The highest BCUT2D eigenvalue weighted by atomic mass is 35.5. The molecule has 0 aliphatic heterocycles. The number of nitrogens with zero attached hydrogens (tertiary/aromatic N) is 3. The maximum Gasteiger partial charge on any atom is 0.270 e. The number of pyridine rings is 1. The fraction of sp³-hybridized carbons (Fsp3) is 0.111. The van der Waals surface area contributed by atoms with Crippen LogP contribution in [0.4, 0.5) is 5.82 Å². The number of hydrogen-bond donors (Lipinski definition) is 2. The van der Waals surface area contributed by atoms with E-state index in [-0.39, 0.29) is 11.6 Å². The molecule has 0 bridgehead atoms. The van der Waals surface area contributed by atoms with E-state index in [1.165, 1.54) is 6.33 Å². The van der Waals surface area contributed by atoms with Crippen molar-refractivity contribution in [3.63, 3.8) is 0 Å². The number of aromatic nitrogens is 3. The van der Waals surface area contributed by atoms with Crippen molar-refractivity contribution in [1.82, 2.24) is 20.3 Å². The van der Waals surface area contributed by atoms with Gasteiger partial charge in [0.25, 0.3) is 5.91 Å². The molecule has 0 fully saturated rings. The smallest absolute Gasteiger partial charge is 0.270 e. The second kappa shape index (κ2) is 8.21. The minimum absolute atomic E-state index is 0.285. The summed E-state index contributed by atoms with van der Waals surface area (Å²) >= 11 is 6.09. The highest BCUT2D eigenvalue weighted by Gasteiger charge is 2.09. The van der Waals surface area contributed by atoms with Gasteiger partial charge in [-0.3, -0.25) is 9.78 Å². The maximum atomic E-state index is 12.3. The first-order chi connectivity index (χ1) is 12.2. The lowest BCUT2D eigenvalue weighted by Crippen LogP contribution is -2.24. The summed E-state index contributed by atoms with van der Waals surface area (Å²) in [5.74, 6) is 0.286. The van der Waals surface area contributed by atoms with Crippen LogP contribution in [0.15, 0.2) is 61.2 Å². The van der Waals surface area contributed by atoms with E-state index in [9.17, 15) is 4.79 Å². The van der Waals surface area contributed by atoms with Crippen molar-refractivity contribution in [3.05, 3.63) is 83.0 Å². The summed E-state index contributed by atoms with van der Waals surface area (Å²) < 4.78 is 0. The summed E-state index contributed by atoms with van der Waals surface area (Å²) in [5.41, 5.74) is 2.16. The topological polar surface area (TPSA) is 79.8 Å². The molecule has 3 aromatic rings. The lowest BCUT2D eigenvalue weighted by molar-refractivity contribution is 0.0946. The number of hydrogen-bond acceptors (Lipinski definition) is 5. The molecule has 2 heterocycles. The van der Waals surface area contributed by atoms with Gasteiger partial charge < -0.3 is 10.6 Å². The Balaban J connectivity index is 1.60. The molecule has 0 spiro atoms. The van der Waals surface area contributed by atoms with Crippen molar-refractivity contribution >= 4 is 23.3 Å². The Labute approximate surface area is 150 Å². The third-order valence-electron chi connectivity index (χ3n) is 3.49. The SMILES string of the molecule is O=C(NCc1ccccc1Cl)c1cc(NCc2cccnc2)ncn1. The van der Waals surface area contributed by atoms with Gasteiger partial charge in [-0.2, -0.15) is 0 Å². The van der Waals surface area contributed by atoms with E-state index in [0.717, 1.165) is 11.1 Å². The fourth-order valence-electron chi connectivity index (χ4n) is 2.18. The molecule has 6 nitrogen and oxygen atoms in total. The Kier molecular flexibility index (Phi) is 5.53. The van der Waals surface area contributed by atoms with E-state index >= 15 is 0 Å². The zero-order valence-corrected chi connectivity index (χ0v) is 14.1. The molecule has 0 saturated carbocycles. The molecular weight excluding hydrogens is 338 g/mol. The number of carbonyl (C=O) groups is 1. The molecule has 0 saturated heterocycles. The maximum absolute atomic E-state index is 12.3. The van der Waals surface area contributed by atoms with E-state index in [2.05, 4.69) is 25.6 Å². The number of halogens is 1. The zero-order chi connectivity index (χ0) is 17.5. The Bertz CT molecular complexity index is 857. The van der Waals surface area contributed by atoms with Crippen LogP contribution in [0.2, 0.25) is 5.02 Å². The van der Waals surface area contributed by atoms with Gasteiger partial charge in [0.05, 0.1) is 0 Å². The summed E-state index contributed by atoms with van der Waals surface area (Å²) in [7, 11) is 0. The van der Waals surface area contributed by atoms with Gasteiger partial charge in [0, 0.05) is 36.6 Å². The average Bonchev–Trinajstić information content (AvgIpc) is 2.66. The number of carbonyl (C=O) groups excluding carboxylic acids is 1. The standard InChI is InChI=1S/C18H16ClN5O/c19-15-6-2-1-5-14(15)11-22-18(25)16-8-17(24-12-23-16)21-10-13-4-3-7-20-9-13/h1-9,12H,10-11H2,(H,22,25)(H,21,23,24). The van der Waals surface area contributed by atoms with Gasteiger partial charge in [0.15, 0.2) is 0 Å². The third-order valence-corrected chi connectivity index (χ3v) is 3.86. The predicted octanol–water partition coefficient (Wildman–Crippen LogP) is 3.07. The van der Waals surface area contributed by atoms with E-state index < -0.39 is 0 Å². The Morgan fingerprint density at radius 1 is 1.08 bits per heavy atom. The van der Waals surface area contributed by atoms with Crippen LogP contribution < -0.4 is 10.6 Å². The molecule has 7 heteroatoms. The van der Waals surface area contributed by atoms with E-state index in [1.54, 1.807) is 24.5 Å². The van der Waals surface area contributed by atoms with Crippen LogP contribution in [0.3, 0.4) is 0 Å². The predicted molar refractivity (Wildman–Crippen MR) is 96.2 cm³/mol. The summed E-state index contributed by atoms with van der Waals surface area (Å²) in [6, 6.07) is 12.8. The van der Waals surface area contributed by atoms with Gasteiger partial charge in [0.1, 0.15) is 17.8 Å². The molecule has 2 aromatic heterocycles. The van der Waals surface area contributed by atoms with Crippen LogP contribution in [-0.2, 0) is 13.1 Å². The van der Waals surface area contributed by atoms with Crippen molar-refractivity contribution in [2.45, 2.75) is 13.1 Å². The van der Waals surface area contributed by atoms with Crippen LogP contribution in [-0.4, -0.2) is 20.9 Å². The lowest BCUT2D eigenvalue weighted by Gasteiger charge is -2.08. The summed E-state index contributed by atoms with van der Waals surface area (Å²) in [6.07, 6.45) is 4.84. The second-order valence-corrected chi connectivity index (χ2v) is 5.68. The van der Waals surface area contributed by atoms with Crippen LogP contribution in [0.5, 0.6) is 0 Å². The first-order valence-electron chi connectivity index (χ1n) is 7.69. The second-order valence-electron chi connectivity index (χ2n) is 5.28. The number of anilines is 1. The van der Waals surface area contributed by atoms with Crippen molar-refractivity contribution < 1.29 is 4.79 Å². The number of nitrogens with one attached hydrogen (secondary N) is 2. The molecule has 1 aromatic carbocycles. The summed E-state index contributed by atoms with van der Waals surface area (Å²) in [4.78, 5) is 24.5. The molecular formula is C18H16ClN5O. The largest absolute Gasteiger partial charge is 0.366 e. The van der Waals surface area contributed by atoms with Gasteiger partial charge in [-0.05, 0) is 23.3 Å². The van der Waals surface area contributed by atoms with Crippen molar-refractivity contribution in [1.29, 1.82) is 0 Å². The van der Waals surface area contributed by atoms with Crippen LogP contribution in [0.1, 0.15) is 21.6 Å². The van der Waals surface area contributed by atoms with Gasteiger partial charge in [-0.1, -0.05) is 35.9 Å². The number of amides is 1. The van der Waals surface area contributed by atoms with Crippen molar-refractivity contribution in [3.8, 4) is 0 Å². The molecule has 0 aliphatic rings. The minimum atomic E-state index is -0.285. The number of rotatable bonds is 6. The minimum Gasteiger partial charge on any atom is -0.366 e. The first kappa shape index (κ1) is 16.9. The Morgan fingerprint density at radius 2 is 1.96 bits per heavy atom. The first-order valence-corrected chi connectivity index (χ1v) is 8.06. The molecule has 126 valence electrons. The van der Waals surface area contributed by atoms with Gasteiger partial charge >= 0.3 is 0 Å². The Hall–Kier alpha value is -2.99. The number of benzene rings is 1. The fourth-order valence-corrected chi connectivity index (χ4v) is 2.38. The van der Waals surface area contributed by atoms with Gasteiger partial charge in [-0.25, -0.2) is 9.97 Å². The van der Waals surface area contributed by atoms with E-state index in [4.69, 9.17) is 11.6 Å². The normalized spacial score (nSPS) is 10.3. The molecule has 0 unspecified atom stereocenters. The highest BCUT2D eigenvalue weighted by Crippen LogP contribution is 2.14. The van der Waals surface area contributed by atoms with Crippen molar-refractivity contribution in [2.24, 2.45) is 0 Å². The Morgan fingerprint density at radius 3 is 2.76 bits per heavy atom. The molecule has 0 atom stereocenters. The molecule has 25 heavy (non-hydrogen) atoms. The van der Waals surface area contributed by atoms with Crippen LogP contribution >= 0.6 is 11.6 Å². The van der Waals surface area contributed by atoms with Crippen LogP contribution in [0.25, 0.3) is 0 Å². The van der Waals surface area contributed by atoms with Crippen LogP contribution in [0, 0.1) is 0 Å². The third kappa shape index (κ3) is 4.74. The van der Waals surface area contributed by atoms with Gasteiger partial charge in [0.2, 0.25) is 0 Å². The monoisotopic (exact) mass is 353 g/mol. The molecule has 0 radical (unpaired) electrons. The zero-order valence-electron chi connectivity index (χ0n) is 13.3. The summed E-state index contributed by atoms with van der Waals surface area (Å²) in [5, 5.41) is 6.57. The molecule has 3 rings (SSSR count). The highest BCUT2D eigenvalue weighted by molar-refractivity contribution is 6.31. The van der Waals surface area contributed by atoms with E-state index in [0.29, 0.717) is 23.9 Å². The lowest BCUT2D eigenvalue weighted by atomic mass is 10.2.